The second-order valence-electron chi connectivity index (χ2n) is 5.21. The number of hydrogen-bond donors (Lipinski definition) is 1. The fourth-order valence-corrected chi connectivity index (χ4v) is 2.88. The van der Waals surface area contributed by atoms with Gasteiger partial charge < -0.3 is 15.3 Å². The van der Waals surface area contributed by atoms with Crippen molar-refractivity contribution in [2.45, 2.75) is 11.8 Å². The zero-order chi connectivity index (χ0) is 19.2. The summed E-state index contributed by atoms with van der Waals surface area (Å²) in [5.74, 6) is 6.63. The van der Waals surface area contributed by atoms with Gasteiger partial charge in [0.15, 0.2) is 17.4 Å². The summed E-state index contributed by atoms with van der Waals surface area (Å²) in [6.07, 6.45) is 0. The molecule has 142 valence electrons. The first-order valence-corrected chi connectivity index (χ1v) is 8.79. The Bertz CT molecular complexity index is 890. The lowest BCUT2D eigenvalue weighted by Gasteiger charge is -2.07. The Morgan fingerprint density at radius 2 is 1.81 bits per heavy atom. The number of hydrogen-bond acceptors (Lipinski definition) is 6. The number of aromatic nitrogens is 3. The van der Waals surface area contributed by atoms with E-state index in [2.05, 4.69) is 14.9 Å². The molecular formula is C17H15F3N4O2S. The minimum absolute atomic E-state index is 0.0386. The molecule has 10 heteroatoms. The Morgan fingerprint density at radius 3 is 2.52 bits per heavy atom. The Hall–Kier alpha value is -2.88. The third kappa shape index (κ3) is 4.85. The number of alkyl halides is 2. The van der Waals surface area contributed by atoms with Crippen LogP contribution in [0.25, 0.3) is 11.4 Å². The minimum atomic E-state index is -2.89. The van der Waals surface area contributed by atoms with E-state index in [4.69, 9.17) is 10.6 Å². The summed E-state index contributed by atoms with van der Waals surface area (Å²) in [4.78, 5) is 0. The Morgan fingerprint density at radius 1 is 1.07 bits per heavy atom. The van der Waals surface area contributed by atoms with Gasteiger partial charge in [-0.3, -0.25) is 0 Å². The van der Waals surface area contributed by atoms with E-state index in [0.717, 1.165) is 0 Å². The van der Waals surface area contributed by atoms with Gasteiger partial charge in [-0.2, -0.15) is 8.78 Å². The smallest absolute Gasteiger partial charge is 0.387 e. The van der Waals surface area contributed by atoms with Gasteiger partial charge in [-0.05, 0) is 36.4 Å². The van der Waals surface area contributed by atoms with E-state index >= 15 is 0 Å². The molecule has 0 radical (unpaired) electrons. The highest BCUT2D eigenvalue weighted by atomic mass is 32.2. The van der Waals surface area contributed by atoms with E-state index in [0.29, 0.717) is 22.3 Å². The van der Waals surface area contributed by atoms with Crippen LogP contribution in [0.1, 0.15) is 0 Å². The summed E-state index contributed by atoms with van der Waals surface area (Å²) >= 11 is 1.29. The van der Waals surface area contributed by atoms with Crippen LogP contribution < -0.4 is 15.3 Å². The second kappa shape index (κ2) is 8.67. The molecule has 0 spiro atoms. The number of halogens is 3. The van der Waals surface area contributed by atoms with Crippen molar-refractivity contribution in [3.05, 3.63) is 54.3 Å². The van der Waals surface area contributed by atoms with Crippen molar-refractivity contribution < 1.29 is 22.6 Å². The van der Waals surface area contributed by atoms with Crippen molar-refractivity contribution in [1.29, 1.82) is 0 Å². The molecule has 0 atom stereocenters. The molecule has 0 aliphatic rings. The van der Waals surface area contributed by atoms with E-state index < -0.39 is 12.4 Å². The molecule has 2 aromatic carbocycles. The van der Waals surface area contributed by atoms with Crippen LogP contribution in [0, 0.1) is 5.82 Å². The quantitative estimate of drug-likeness (QED) is 0.356. The Balaban J connectivity index is 1.57. The second-order valence-corrected chi connectivity index (χ2v) is 6.27. The molecule has 0 saturated carbocycles. The molecule has 0 aliphatic heterocycles. The first kappa shape index (κ1) is 18.9. The minimum Gasteiger partial charge on any atom is -0.490 e. The Labute approximate surface area is 157 Å². The highest BCUT2D eigenvalue weighted by Crippen LogP contribution is 2.24. The van der Waals surface area contributed by atoms with E-state index in [-0.39, 0.29) is 18.1 Å². The largest absolute Gasteiger partial charge is 0.490 e. The number of thioether (sulfide) groups is 1. The summed E-state index contributed by atoms with van der Waals surface area (Å²) in [5, 5.41) is 8.44. The van der Waals surface area contributed by atoms with Gasteiger partial charge in [0.1, 0.15) is 5.75 Å². The number of benzene rings is 2. The van der Waals surface area contributed by atoms with Crippen molar-refractivity contribution >= 4 is 11.8 Å². The van der Waals surface area contributed by atoms with E-state index in [1.54, 1.807) is 30.3 Å². The molecule has 0 fully saturated rings. The molecule has 6 nitrogen and oxygen atoms in total. The van der Waals surface area contributed by atoms with Crippen molar-refractivity contribution in [1.82, 2.24) is 14.9 Å². The van der Waals surface area contributed by atoms with Crippen LogP contribution in [-0.2, 0) is 0 Å². The first-order chi connectivity index (χ1) is 13.0. The first-order valence-electron chi connectivity index (χ1n) is 7.80. The lowest BCUT2D eigenvalue weighted by molar-refractivity contribution is -0.0498. The summed E-state index contributed by atoms with van der Waals surface area (Å²) in [5.41, 5.74) is 0.598. The Kier molecular flexibility index (Phi) is 6.07. The van der Waals surface area contributed by atoms with Gasteiger partial charge >= 0.3 is 6.61 Å². The van der Waals surface area contributed by atoms with E-state index in [1.165, 1.54) is 34.6 Å². The summed E-state index contributed by atoms with van der Waals surface area (Å²) in [6, 6.07) is 12.0. The van der Waals surface area contributed by atoms with Crippen LogP contribution in [0.15, 0.2) is 53.7 Å². The van der Waals surface area contributed by atoms with Crippen LogP contribution >= 0.6 is 11.8 Å². The average Bonchev–Trinajstić information content (AvgIpc) is 3.01. The maximum atomic E-state index is 13.5. The zero-order valence-electron chi connectivity index (χ0n) is 13.9. The van der Waals surface area contributed by atoms with Gasteiger partial charge in [-0.25, -0.2) is 9.07 Å². The van der Waals surface area contributed by atoms with Gasteiger partial charge in [-0.1, -0.05) is 23.9 Å². The molecule has 0 amide bonds. The molecule has 0 bridgehead atoms. The number of nitrogen functional groups attached to an aromatic ring is 1. The van der Waals surface area contributed by atoms with Crippen LogP contribution in [0.4, 0.5) is 13.2 Å². The number of nitrogens with two attached hydrogens (primary N) is 1. The van der Waals surface area contributed by atoms with Crippen molar-refractivity contribution in [3.8, 4) is 22.9 Å². The molecule has 0 aliphatic carbocycles. The van der Waals surface area contributed by atoms with Gasteiger partial charge in [0, 0.05) is 11.3 Å². The molecule has 2 N–H and O–H groups in total. The number of rotatable bonds is 8. The molecule has 1 heterocycles. The van der Waals surface area contributed by atoms with E-state index in [9.17, 15) is 13.2 Å². The molecular weight excluding hydrogens is 381 g/mol. The highest BCUT2D eigenvalue weighted by Gasteiger charge is 2.13. The normalized spacial score (nSPS) is 11.0. The lowest BCUT2D eigenvalue weighted by Crippen LogP contribution is -2.12. The topological polar surface area (TPSA) is 75.2 Å². The van der Waals surface area contributed by atoms with Crippen LogP contribution in [-0.4, -0.2) is 33.8 Å². The summed E-state index contributed by atoms with van der Waals surface area (Å²) in [7, 11) is 0. The SMILES string of the molecule is Nn1c(SCCOc2ccccc2F)nnc1-c1ccc(OC(F)F)cc1. The van der Waals surface area contributed by atoms with Crippen molar-refractivity contribution in [3.63, 3.8) is 0 Å². The molecule has 27 heavy (non-hydrogen) atoms. The third-order valence-electron chi connectivity index (χ3n) is 3.41. The maximum Gasteiger partial charge on any atom is 0.387 e. The molecule has 0 saturated heterocycles. The molecule has 0 unspecified atom stereocenters. The maximum absolute atomic E-state index is 13.5. The van der Waals surface area contributed by atoms with E-state index in [1.807, 2.05) is 0 Å². The average molecular weight is 396 g/mol. The van der Waals surface area contributed by atoms with Gasteiger partial charge in [0.2, 0.25) is 5.16 Å². The van der Waals surface area contributed by atoms with Gasteiger partial charge in [-0.15, -0.1) is 10.2 Å². The summed E-state index contributed by atoms with van der Waals surface area (Å²) in [6.45, 7) is -2.63. The zero-order valence-corrected chi connectivity index (χ0v) is 14.7. The predicted molar refractivity (Wildman–Crippen MR) is 94.9 cm³/mol. The number of nitrogens with zero attached hydrogens (tertiary/aromatic N) is 3. The molecule has 3 aromatic rings. The summed E-state index contributed by atoms with van der Waals surface area (Å²) < 4.78 is 48.8. The van der Waals surface area contributed by atoms with Crippen molar-refractivity contribution in [2.75, 3.05) is 18.2 Å². The van der Waals surface area contributed by atoms with Gasteiger partial charge in [0.05, 0.1) is 6.61 Å². The number of ether oxygens (including phenoxy) is 2. The predicted octanol–water partition coefficient (Wildman–Crippen LogP) is 3.57. The standard InChI is InChI=1S/C17H15F3N4O2S/c18-13-3-1-2-4-14(13)25-9-10-27-17-23-22-15(24(17)21)11-5-7-12(8-6-11)26-16(19)20/h1-8,16H,9-10,21H2. The number of para-hydroxylation sites is 1. The van der Waals surface area contributed by atoms with Crippen LogP contribution in [0.2, 0.25) is 0 Å². The monoisotopic (exact) mass is 396 g/mol. The van der Waals surface area contributed by atoms with Crippen molar-refractivity contribution in [2.24, 2.45) is 0 Å². The molecule has 1 aromatic heterocycles. The van der Waals surface area contributed by atoms with Crippen LogP contribution in [0.3, 0.4) is 0 Å². The fraction of sp³-hybridized carbons (Fsp3) is 0.176. The highest BCUT2D eigenvalue weighted by molar-refractivity contribution is 7.99. The lowest BCUT2D eigenvalue weighted by atomic mass is 10.2. The fourth-order valence-electron chi connectivity index (χ4n) is 2.20. The molecule has 3 rings (SSSR count). The van der Waals surface area contributed by atoms with Gasteiger partial charge in [0.25, 0.3) is 0 Å². The van der Waals surface area contributed by atoms with Crippen LogP contribution in [0.5, 0.6) is 11.5 Å². The third-order valence-corrected chi connectivity index (χ3v) is 4.32.